The van der Waals surface area contributed by atoms with E-state index < -0.39 is 5.97 Å². The Balaban J connectivity index is 2.62. The van der Waals surface area contributed by atoms with Gasteiger partial charge in [0.1, 0.15) is 0 Å². The minimum atomic E-state index is -0.959. The molecule has 0 radical (unpaired) electrons. The first-order valence-corrected chi connectivity index (χ1v) is 6.24. The van der Waals surface area contributed by atoms with Gasteiger partial charge < -0.3 is 5.11 Å². The van der Waals surface area contributed by atoms with Gasteiger partial charge in [0.15, 0.2) is 5.69 Å². The van der Waals surface area contributed by atoms with Crippen LogP contribution in [0.1, 0.15) is 28.0 Å². The molecule has 0 unspecified atom stereocenters. The Hall–Kier alpha value is -1.68. The number of nitrogens with zero attached hydrogens (tertiary/aromatic N) is 1. The molecule has 0 spiro atoms. The van der Waals surface area contributed by atoms with E-state index in [0.29, 0.717) is 0 Å². The molecule has 0 bridgehead atoms. The minimum absolute atomic E-state index is 0.168. The smallest absolute Gasteiger partial charge is 0.356 e. The highest BCUT2D eigenvalue weighted by Crippen LogP contribution is 2.32. The normalized spacial score (nSPS) is 10.5. The molecule has 3 nitrogen and oxygen atoms in total. The van der Waals surface area contributed by atoms with Crippen molar-refractivity contribution in [3.63, 3.8) is 0 Å². The fourth-order valence-electron chi connectivity index (χ4n) is 1.67. The van der Waals surface area contributed by atoms with Gasteiger partial charge in [-0.3, -0.25) is 0 Å². The Morgan fingerprint density at radius 3 is 2.71 bits per heavy atom. The summed E-state index contributed by atoms with van der Waals surface area (Å²) in [4.78, 5) is 16.1. The first kappa shape index (κ1) is 11.8. The monoisotopic (exact) mass is 247 g/mol. The molecule has 1 heterocycles. The summed E-state index contributed by atoms with van der Waals surface area (Å²) in [6.07, 6.45) is 0.761. The van der Waals surface area contributed by atoms with Crippen LogP contribution in [0.3, 0.4) is 0 Å². The SMILES string of the molecule is CCc1nc(C(=O)O)c(-c2ccccc2C)s1. The van der Waals surface area contributed by atoms with Gasteiger partial charge in [-0.1, -0.05) is 31.2 Å². The predicted octanol–water partition coefficient (Wildman–Crippen LogP) is 3.38. The van der Waals surface area contributed by atoms with Crippen molar-refractivity contribution in [3.05, 3.63) is 40.5 Å². The van der Waals surface area contributed by atoms with Crippen molar-refractivity contribution in [2.75, 3.05) is 0 Å². The average Bonchev–Trinajstić information content (AvgIpc) is 2.73. The van der Waals surface area contributed by atoms with E-state index in [2.05, 4.69) is 4.98 Å². The molecule has 0 aliphatic rings. The zero-order valence-corrected chi connectivity index (χ0v) is 10.5. The highest BCUT2D eigenvalue weighted by atomic mass is 32.1. The zero-order chi connectivity index (χ0) is 12.4. The molecule has 1 aromatic carbocycles. The summed E-state index contributed by atoms with van der Waals surface area (Å²) in [6.45, 7) is 3.96. The lowest BCUT2D eigenvalue weighted by atomic mass is 10.1. The number of hydrogen-bond acceptors (Lipinski definition) is 3. The number of aryl methyl sites for hydroxylation is 2. The molecule has 0 aliphatic carbocycles. The number of hydrogen-bond donors (Lipinski definition) is 1. The Kier molecular flexibility index (Phi) is 3.24. The number of carboxylic acid groups (broad SMARTS) is 1. The lowest BCUT2D eigenvalue weighted by Crippen LogP contribution is -1.99. The number of carbonyl (C=O) groups is 1. The van der Waals surface area contributed by atoms with Gasteiger partial charge >= 0.3 is 5.97 Å². The second kappa shape index (κ2) is 4.67. The molecular weight excluding hydrogens is 234 g/mol. The van der Waals surface area contributed by atoms with E-state index in [-0.39, 0.29) is 5.69 Å². The molecule has 4 heteroatoms. The lowest BCUT2D eigenvalue weighted by Gasteiger charge is -2.02. The van der Waals surface area contributed by atoms with E-state index >= 15 is 0 Å². The largest absolute Gasteiger partial charge is 0.476 e. The number of rotatable bonds is 3. The molecule has 2 rings (SSSR count). The molecule has 2 aromatic rings. The van der Waals surface area contributed by atoms with Crippen molar-refractivity contribution in [1.82, 2.24) is 4.98 Å². The van der Waals surface area contributed by atoms with Gasteiger partial charge in [0.25, 0.3) is 0 Å². The highest BCUT2D eigenvalue weighted by molar-refractivity contribution is 7.15. The fraction of sp³-hybridized carbons (Fsp3) is 0.231. The molecule has 1 aromatic heterocycles. The third-order valence-corrected chi connectivity index (χ3v) is 3.80. The number of aromatic carboxylic acids is 1. The molecule has 0 aliphatic heterocycles. The number of benzene rings is 1. The Bertz CT molecular complexity index is 560. The van der Waals surface area contributed by atoms with E-state index in [0.717, 1.165) is 27.4 Å². The number of carboxylic acids is 1. The Morgan fingerprint density at radius 2 is 2.12 bits per heavy atom. The van der Waals surface area contributed by atoms with Crippen molar-refractivity contribution in [1.29, 1.82) is 0 Å². The van der Waals surface area contributed by atoms with Gasteiger partial charge in [-0.15, -0.1) is 11.3 Å². The molecule has 0 fully saturated rings. The van der Waals surface area contributed by atoms with Crippen LogP contribution in [0.25, 0.3) is 10.4 Å². The summed E-state index contributed by atoms with van der Waals surface area (Å²) < 4.78 is 0. The van der Waals surface area contributed by atoms with Crippen LogP contribution in [0.4, 0.5) is 0 Å². The second-order valence-corrected chi connectivity index (χ2v) is 4.84. The second-order valence-electron chi connectivity index (χ2n) is 3.76. The van der Waals surface area contributed by atoms with Crippen molar-refractivity contribution < 1.29 is 9.90 Å². The van der Waals surface area contributed by atoms with Crippen molar-refractivity contribution in [2.45, 2.75) is 20.3 Å². The number of thiazole rings is 1. The van der Waals surface area contributed by atoms with E-state index in [1.165, 1.54) is 11.3 Å². The molecule has 17 heavy (non-hydrogen) atoms. The van der Waals surface area contributed by atoms with Gasteiger partial charge in [-0.25, -0.2) is 9.78 Å². The quantitative estimate of drug-likeness (QED) is 0.904. The summed E-state index contributed by atoms with van der Waals surface area (Å²) in [6, 6.07) is 7.78. The summed E-state index contributed by atoms with van der Waals surface area (Å²) in [5, 5.41) is 10.0. The maximum Gasteiger partial charge on any atom is 0.356 e. The maximum absolute atomic E-state index is 11.2. The van der Waals surface area contributed by atoms with Gasteiger partial charge in [0.2, 0.25) is 0 Å². The van der Waals surface area contributed by atoms with Crippen LogP contribution in [-0.2, 0) is 6.42 Å². The van der Waals surface area contributed by atoms with E-state index in [4.69, 9.17) is 0 Å². The van der Waals surface area contributed by atoms with Crippen LogP contribution in [0.15, 0.2) is 24.3 Å². The average molecular weight is 247 g/mol. The maximum atomic E-state index is 11.2. The van der Waals surface area contributed by atoms with E-state index in [1.807, 2.05) is 38.1 Å². The number of aromatic nitrogens is 1. The summed E-state index contributed by atoms with van der Waals surface area (Å²) in [7, 11) is 0. The van der Waals surface area contributed by atoms with Crippen molar-refractivity contribution in [3.8, 4) is 10.4 Å². The fourth-order valence-corrected chi connectivity index (χ4v) is 2.76. The van der Waals surface area contributed by atoms with Crippen molar-refractivity contribution in [2.24, 2.45) is 0 Å². The summed E-state index contributed by atoms with van der Waals surface area (Å²) >= 11 is 1.46. The van der Waals surface area contributed by atoms with Crippen LogP contribution < -0.4 is 0 Å². The van der Waals surface area contributed by atoms with Crippen LogP contribution in [-0.4, -0.2) is 16.1 Å². The van der Waals surface area contributed by atoms with E-state index in [9.17, 15) is 9.90 Å². The zero-order valence-electron chi connectivity index (χ0n) is 9.73. The Morgan fingerprint density at radius 1 is 1.41 bits per heavy atom. The molecule has 0 atom stereocenters. The molecule has 0 saturated heterocycles. The molecule has 1 N–H and O–H groups in total. The standard InChI is InChI=1S/C13H13NO2S/c1-3-10-14-11(13(15)16)12(17-10)9-7-5-4-6-8(9)2/h4-7H,3H2,1-2H3,(H,15,16). The van der Waals surface area contributed by atoms with E-state index in [1.54, 1.807) is 0 Å². The van der Waals surface area contributed by atoms with Crippen molar-refractivity contribution >= 4 is 17.3 Å². The molecular formula is C13H13NO2S. The first-order valence-electron chi connectivity index (χ1n) is 5.42. The van der Waals surface area contributed by atoms with Crippen LogP contribution in [0.5, 0.6) is 0 Å². The minimum Gasteiger partial charge on any atom is -0.476 e. The third kappa shape index (κ3) is 2.22. The topological polar surface area (TPSA) is 50.2 Å². The van der Waals surface area contributed by atoms with Gasteiger partial charge in [0.05, 0.1) is 9.88 Å². The molecule has 88 valence electrons. The van der Waals surface area contributed by atoms with Gasteiger partial charge in [-0.2, -0.15) is 0 Å². The third-order valence-electron chi connectivity index (χ3n) is 2.57. The summed E-state index contributed by atoms with van der Waals surface area (Å²) in [5.41, 5.74) is 2.20. The first-order chi connectivity index (χ1) is 8.13. The molecule has 0 saturated carbocycles. The summed E-state index contributed by atoms with van der Waals surface area (Å²) in [5.74, 6) is -0.959. The lowest BCUT2D eigenvalue weighted by molar-refractivity contribution is 0.0692. The van der Waals surface area contributed by atoms with Crippen LogP contribution in [0, 0.1) is 6.92 Å². The van der Waals surface area contributed by atoms with Gasteiger partial charge in [-0.05, 0) is 24.5 Å². The van der Waals surface area contributed by atoms with Crippen LogP contribution in [0.2, 0.25) is 0 Å². The predicted molar refractivity (Wildman–Crippen MR) is 68.6 cm³/mol. The Labute approximate surface area is 104 Å². The van der Waals surface area contributed by atoms with Crippen LogP contribution >= 0.6 is 11.3 Å². The highest BCUT2D eigenvalue weighted by Gasteiger charge is 2.18. The van der Waals surface area contributed by atoms with Gasteiger partial charge in [0, 0.05) is 0 Å². The molecule has 0 amide bonds.